The van der Waals surface area contributed by atoms with Crippen molar-refractivity contribution < 1.29 is 27.1 Å². The minimum absolute atomic E-state index is 0.136. The molecule has 0 unspecified atom stereocenters. The van der Waals surface area contributed by atoms with Crippen LogP contribution in [0.3, 0.4) is 0 Å². The molecule has 0 saturated carbocycles. The van der Waals surface area contributed by atoms with Crippen molar-refractivity contribution in [3.8, 4) is 0 Å². The minimum Gasteiger partial charge on any atom is -0.453 e. The number of furan rings is 1. The molecule has 0 aliphatic heterocycles. The van der Waals surface area contributed by atoms with Crippen LogP contribution in [-0.2, 0) is 17.5 Å². The highest BCUT2D eigenvalue weighted by Crippen LogP contribution is 2.29. The van der Waals surface area contributed by atoms with Crippen molar-refractivity contribution in [1.29, 1.82) is 0 Å². The van der Waals surface area contributed by atoms with Gasteiger partial charge in [-0.1, -0.05) is 0 Å². The number of carbonyl (C=O) groups is 1. The molecule has 0 aliphatic carbocycles. The van der Waals surface area contributed by atoms with Gasteiger partial charge in [-0.3, -0.25) is 9.59 Å². The van der Waals surface area contributed by atoms with Crippen LogP contribution in [0.25, 0.3) is 0 Å². The largest absolute Gasteiger partial charge is 0.453 e. The summed E-state index contributed by atoms with van der Waals surface area (Å²) in [5.74, 6) is -0.623. The molecule has 22 heavy (non-hydrogen) atoms. The Morgan fingerprint density at radius 2 is 2.14 bits per heavy atom. The first-order valence-electron chi connectivity index (χ1n) is 6.00. The van der Waals surface area contributed by atoms with Crippen molar-refractivity contribution in [1.82, 2.24) is 4.98 Å². The maximum absolute atomic E-state index is 12.6. The molecular formula is C13H11F3N2O4. The smallest absolute Gasteiger partial charge is 0.417 e. The van der Waals surface area contributed by atoms with E-state index < -0.39 is 28.9 Å². The van der Waals surface area contributed by atoms with Gasteiger partial charge in [-0.05, 0) is 18.2 Å². The Labute approximate surface area is 121 Å². The van der Waals surface area contributed by atoms with E-state index in [0.29, 0.717) is 18.0 Å². The molecule has 6 nitrogen and oxygen atoms in total. The number of anilines is 1. The summed E-state index contributed by atoms with van der Waals surface area (Å²) in [6, 6.07) is 3.36. The summed E-state index contributed by atoms with van der Waals surface area (Å²) in [4.78, 5) is 25.3. The molecule has 0 bridgehead atoms. The standard InChI is InChI=1S/C13H11F3N2O4/c1-21-6-8-2-3-10(22-8)12(20)18-9-4-7(13(14,15)16)5-17-11(9)19/h2-5H,6H2,1H3,(H,17,19)(H,18,20). The SMILES string of the molecule is COCc1ccc(C(=O)Nc2cc(C(F)(F)F)c[nH]c2=O)o1. The molecular weight excluding hydrogens is 305 g/mol. The summed E-state index contributed by atoms with van der Waals surface area (Å²) >= 11 is 0. The summed E-state index contributed by atoms with van der Waals surface area (Å²) in [6.07, 6.45) is -4.11. The number of H-pyrrole nitrogens is 1. The number of pyridine rings is 1. The second-order valence-electron chi connectivity index (χ2n) is 4.28. The molecule has 2 aromatic heterocycles. The number of amides is 1. The Hall–Kier alpha value is -2.55. The Bertz CT molecular complexity index is 733. The van der Waals surface area contributed by atoms with Gasteiger partial charge in [-0.15, -0.1) is 0 Å². The van der Waals surface area contributed by atoms with Crippen LogP contribution in [0.1, 0.15) is 21.9 Å². The predicted molar refractivity (Wildman–Crippen MR) is 69.4 cm³/mol. The number of aromatic amines is 1. The lowest BCUT2D eigenvalue weighted by atomic mass is 10.2. The van der Waals surface area contributed by atoms with Gasteiger partial charge in [0, 0.05) is 13.3 Å². The van der Waals surface area contributed by atoms with Gasteiger partial charge in [0.15, 0.2) is 5.76 Å². The summed E-state index contributed by atoms with van der Waals surface area (Å²) in [6.45, 7) is 0.136. The zero-order valence-electron chi connectivity index (χ0n) is 11.3. The van der Waals surface area contributed by atoms with Crippen LogP contribution >= 0.6 is 0 Å². The summed E-state index contributed by atoms with van der Waals surface area (Å²) in [7, 11) is 1.43. The zero-order valence-corrected chi connectivity index (χ0v) is 11.3. The fraction of sp³-hybridized carbons (Fsp3) is 0.231. The van der Waals surface area contributed by atoms with Crippen LogP contribution in [0.2, 0.25) is 0 Å². The van der Waals surface area contributed by atoms with Gasteiger partial charge in [-0.25, -0.2) is 0 Å². The quantitative estimate of drug-likeness (QED) is 0.907. The Kier molecular flexibility index (Phi) is 4.36. The number of nitrogens with one attached hydrogen (secondary N) is 2. The van der Waals surface area contributed by atoms with Gasteiger partial charge in [-0.2, -0.15) is 13.2 Å². The number of carbonyl (C=O) groups excluding carboxylic acids is 1. The summed E-state index contributed by atoms with van der Waals surface area (Å²) in [5, 5.41) is 2.08. The highest BCUT2D eigenvalue weighted by Gasteiger charge is 2.31. The van der Waals surface area contributed by atoms with Crippen LogP contribution in [0.15, 0.2) is 33.6 Å². The van der Waals surface area contributed by atoms with Crippen molar-refractivity contribution >= 4 is 11.6 Å². The maximum atomic E-state index is 12.6. The third-order valence-corrected chi connectivity index (χ3v) is 2.65. The minimum atomic E-state index is -4.64. The number of aromatic nitrogens is 1. The molecule has 0 aromatic carbocycles. The van der Waals surface area contributed by atoms with Crippen LogP contribution in [0.5, 0.6) is 0 Å². The highest BCUT2D eigenvalue weighted by molar-refractivity contribution is 6.02. The van der Waals surface area contributed by atoms with E-state index in [1.165, 1.54) is 19.2 Å². The number of hydrogen-bond donors (Lipinski definition) is 2. The van der Waals surface area contributed by atoms with Crippen LogP contribution in [0.4, 0.5) is 18.9 Å². The zero-order chi connectivity index (χ0) is 16.3. The molecule has 2 heterocycles. The van der Waals surface area contributed by atoms with Gasteiger partial charge in [0.05, 0.1) is 5.56 Å². The topological polar surface area (TPSA) is 84.3 Å². The van der Waals surface area contributed by atoms with E-state index in [0.717, 1.165) is 0 Å². The van der Waals surface area contributed by atoms with E-state index in [1.807, 2.05) is 4.98 Å². The van der Waals surface area contributed by atoms with Gasteiger partial charge in [0.2, 0.25) is 0 Å². The first kappa shape index (κ1) is 15.8. The van der Waals surface area contributed by atoms with Gasteiger partial charge < -0.3 is 19.5 Å². The molecule has 0 radical (unpaired) electrons. The van der Waals surface area contributed by atoms with Crippen molar-refractivity contribution in [2.24, 2.45) is 0 Å². The van der Waals surface area contributed by atoms with E-state index in [-0.39, 0.29) is 12.4 Å². The Morgan fingerprint density at radius 1 is 1.41 bits per heavy atom. The molecule has 2 aromatic rings. The number of methoxy groups -OCH3 is 1. The van der Waals surface area contributed by atoms with Gasteiger partial charge >= 0.3 is 6.18 Å². The average Bonchev–Trinajstić information content (AvgIpc) is 2.89. The van der Waals surface area contributed by atoms with E-state index in [1.54, 1.807) is 0 Å². The first-order valence-corrected chi connectivity index (χ1v) is 6.00. The number of halogens is 3. The second-order valence-corrected chi connectivity index (χ2v) is 4.28. The third-order valence-electron chi connectivity index (χ3n) is 2.65. The lowest BCUT2D eigenvalue weighted by Gasteiger charge is -2.08. The van der Waals surface area contributed by atoms with E-state index in [9.17, 15) is 22.8 Å². The fourth-order valence-electron chi connectivity index (χ4n) is 1.64. The number of rotatable bonds is 4. The molecule has 0 atom stereocenters. The second kappa shape index (κ2) is 6.06. The fourth-order valence-corrected chi connectivity index (χ4v) is 1.64. The Morgan fingerprint density at radius 3 is 2.77 bits per heavy atom. The van der Waals surface area contributed by atoms with E-state index >= 15 is 0 Å². The lowest BCUT2D eigenvalue weighted by molar-refractivity contribution is -0.137. The van der Waals surface area contributed by atoms with E-state index in [2.05, 4.69) is 5.32 Å². The monoisotopic (exact) mass is 316 g/mol. The molecule has 0 saturated heterocycles. The first-order chi connectivity index (χ1) is 10.3. The van der Waals surface area contributed by atoms with Crippen LogP contribution in [0, 0.1) is 0 Å². The van der Waals surface area contributed by atoms with Crippen molar-refractivity contribution in [2.75, 3.05) is 12.4 Å². The number of ether oxygens (including phenoxy) is 1. The summed E-state index contributed by atoms with van der Waals surface area (Å²) in [5.41, 5.74) is -2.46. The average molecular weight is 316 g/mol. The highest BCUT2D eigenvalue weighted by atomic mass is 19.4. The molecule has 0 aliphatic rings. The molecule has 2 N–H and O–H groups in total. The van der Waals surface area contributed by atoms with Crippen LogP contribution in [-0.4, -0.2) is 18.0 Å². The van der Waals surface area contributed by atoms with Gasteiger partial charge in [0.1, 0.15) is 18.1 Å². The molecule has 0 spiro atoms. The normalized spacial score (nSPS) is 11.5. The van der Waals surface area contributed by atoms with Crippen molar-refractivity contribution in [2.45, 2.75) is 12.8 Å². The van der Waals surface area contributed by atoms with E-state index in [4.69, 9.17) is 9.15 Å². The molecule has 0 fully saturated rings. The lowest BCUT2D eigenvalue weighted by Crippen LogP contribution is -2.21. The van der Waals surface area contributed by atoms with Crippen LogP contribution < -0.4 is 10.9 Å². The van der Waals surface area contributed by atoms with Crippen molar-refractivity contribution in [3.63, 3.8) is 0 Å². The Balaban J connectivity index is 2.22. The number of hydrogen-bond acceptors (Lipinski definition) is 4. The predicted octanol–water partition coefficient (Wildman–Crippen LogP) is 2.39. The maximum Gasteiger partial charge on any atom is 0.417 e. The third kappa shape index (κ3) is 3.55. The molecule has 2 rings (SSSR count). The van der Waals surface area contributed by atoms with Gasteiger partial charge in [0.25, 0.3) is 11.5 Å². The molecule has 1 amide bonds. The molecule has 9 heteroatoms. The summed E-state index contributed by atoms with van der Waals surface area (Å²) < 4.78 is 47.7. The number of alkyl halides is 3. The molecule has 118 valence electrons. The van der Waals surface area contributed by atoms with Crippen molar-refractivity contribution in [3.05, 3.63) is 51.8 Å².